The molecule has 1 aromatic carbocycles. The van der Waals surface area contributed by atoms with Gasteiger partial charge in [0.25, 0.3) is 0 Å². The van der Waals surface area contributed by atoms with Crippen LogP contribution in [0.25, 0.3) is 0 Å². The van der Waals surface area contributed by atoms with Crippen molar-refractivity contribution in [3.05, 3.63) is 41.1 Å². The number of nitrogens with one attached hydrogen (secondary N) is 1. The minimum atomic E-state index is -0.194. The third-order valence-corrected chi connectivity index (χ3v) is 4.35. The van der Waals surface area contributed by atoms with Crippen LogP contribution in [0.1, 0.15) is 18.2 Å². The van der Waals surface area contributed by atoms with Crippen LogP contribution in [0, 0.1) is 6.92 Å². The van der Waals surface area contributed by atoms with Gasteiger partial charge in [0.2, 0.25) is 17.7 Å². The van der Waals surface area contributed by atoms with Crippen molar-refractivity contribution >= 4 is 29.2 Å². The van der Waals surface area contributed by atoms with Gasteiger partial charge in [-0.3, -0.25) is 4.79 Å². The lowest BCUT2D eigenvalue weighted by Gasteiger charge is -2.34. The second-order valence-corrected chi connectivity index (χ2v) is 6.46. The molecule has 2 aromatic rings. The van der Waals surface area contributed by atoms with E-state index in [4.69, 9.17) is 16.0 Å². The minimum absolute atomic E-state index is 0.0238. The molecule has 3 rings (SSSR count). The van der Waals surface area contributed by atoms with Crippen LogP contribution in [0.2, 0.25) is 5.02 Å². The molecule has 138 valence electrons. The van der Waals surface area contributed by atoms with E-state index in [1.165, 1.54) is 0 Å². The highest BCUT2D eigenvalue weighted by Crippen LogP contribution is 2.16. The van der Waals surface area contributed by atoms with Gasteiger partial charge in [-0.2, -0.15) is 0 Å². The zero-order valence-corrected chi connectivity index (χ0v) is 15.2. The smallest absolute Gasteiger partial charge is 0.321 e. The van der Waals surface area contributed by atoms with Gasteiger partial charge in [-0.25, -0.2) is 4.79 Å². The van der Waals surface area contributed by atoms with E-state index in [9.17, 15) is 9.59 Å². The van der Waals surface area contributed by atoms with E-state index in [2.05, 4.69) is 15.5 Å². The van der Waals surface area contributed by atoms with Gasteiger partial charge in [-0.05, 0) is 18.2 Å². The second-order valence-electron chi connectivity index (χ2n) is 6.02. The van der Waals surface area contributed by atoms with Gasteiger partial charge in [0.1, 0.15) is 0 Å². The van der Waals surface area contributed by atoms with E-state index >= 15 is 0 Å². The first kappa shape index (κ1) is 18.2. The second kappa shape index (κ2) is 8.18. The molecule has 0 aliphatic carbocycles. The summed E-state index contributed by atoms with van der Waals surface area (Å²) in [5, 5.41) is 11.0. The van der Waals surface area contributed by atoms with Gasteiger partial charge in [0.05, 0.1) is 0 Å². The lowest BCUT2D eigenvalue weighted by molar-refractivity contribution is -0.132. The molecule has 0 bridgehead atoms. The monoisotopic (exact) mass is 377 g/mol. The Morgan fingerprint density at radius 2 is 1.92 bits per heavy atom. The van der Waals surface area contributed by atoms with Crippen molar-refractivity contribution < 1.29 is 14.0 Å². The number of rotatable bonds is 4. The van der Waals surface area contributed by atoms with Crippen LogP contribution in [0.4, 0.5) is 10.5 Å². The summed E-state index contributed by atoms with van der Waals surface area (Å²) in [5.74, 6) is 0.984. The van der Waals surface area contributed by atoms with Crippen molar-refractivity contribution in [1.29, 1.82) is 0 Å². The predicted octanol–water partition coefficient (Wildman–Crippen LogP) is 2.34. The number of halogens is 1. The lowest BCUT2D eigenvalue weighted by Crippen LogP contribution is -2.51. The molecule has 1 saturated heterocycles. The molecule has 8 nitrogen and oxygen atoms in total. The number of anilines is 1. The van der Waals surface area contributed by atoms with Crippen molar-refractivity contribution in [3.8, 4) is 0 Å². The van der Waals surface area contributed by atoms with Gasteiger partial charge < -0.3 is 19.5 Å². The molecular formula is C17H20ClN5O3. The maximum absolute atomic E-state index is 12.3. The summed E-state index contributed by atoms with van der Waals surface area (Å²) < 4.78 is 5.27. The number of hydrogen-bond donors (Lipinski definition) is 1. The van der Waals surface area contributed by atoms with E-state index in [1.54, 1.807) is 41.0 Å². The minimum Gasteiger partial charge on any atom is -0.426 e. The van der Waals surface area contributed by atoms with Crippen molar-refractivity contribution in [2.24, 2.45) is 0 Å². The Bertz CT molecular complexity index is 786. The van der Waals surface area contributed by atoms with Crippen molar-refractivity contribution in [3.63, 3.8) is 0 Å². The summed E-state index contributed by atoms with van der Waals surface area (Å²) in [5.41, 5.74) is 0.649. The van der Waals surface area contributed by atoms with Gasteiger partial charge in [-0.15, -0.1) is 10.2 Å². The number of benzene rings is 1. The van der Waals surface area contributed by atoms with Crippen molar-refractivity contribution in [2.75, 3.05) is 31.5 Å². The summed E-state index contributed by atoms with van der Waals surface area (Å²) >= 11 is 5.92. The van der Waals surface area contributed by atoms with E-state index < -0.39 is 0 Å². The SMILES string of the molecule is Cc1nnc(CCC(=O)N2CCN(C(=O)Nc3cccc(Cl)c3)CC2)o1. The molecule has 0 radical (unpaired) electrons. The number of carbonyl (C=O) groups excluding carboxylic acids is 2. The summed E-state index contributed by atoms with van der Waals surface area (Å²) in [4.78, 5) is 28.0. The average Bonchev–Trinajstić information content (AvgIpc) is 3.05. The van der Waals surface area contributed by atoms with Gasteiger partial charge in [-0.1, -0.05) is 17.7 Å². The summed E-state index contributed by atoms with van der Waals surface area (Å²) in [6, 6.07) is 6.80. The first-order valence-electron chi connectivity index (χ1n) is 8.39. The highest BCUT2D eigenvalue weighted by atomic mass is 35.5. The predicted molar refractivity (Wildman–Crippen MR) is 96.0 cm³/mol. The van der Waals surface area contributed by atoms with Gasteiger partial charge in [0.15, 0.2) is 0 Å². The topological polar surface area (TPSA) is 91.6 Å². The molecule has 3 amide bonds. The molecule has 1 aromatic heterocycles. The Morgan fingerprint density at radius 1 is 1.19 bits per heavy atom. The molecule has 1 fully saturated rings. The molecular weight excluding hydrogens is 358 g/mol. The Kier molecular flexibility index (Phi) is 5.72. The molecule has 0 saturated carbocycles. The number of aryl methyl sites for hydroxylation is 2. The van der Waals surface area contributed by atoms with Gasteiger partial charge >= 0.3 is 6.03 Å². The zero-order chi connectivity index (χ0) is 18.5. The molecule has 0 spiro atoms. The maximum Gasteiger partial charge on any atom is 0.321 e. The first-order chi connectivity index (χ1) is 12.5. The van der Waals surface area contributed by atoms with E-state index in [-0.39, 0.29) is 11.9 Å². The average molecular weight is 378 g/mol. The zero-order valence-electron chi connectivity index (χ0n) is 14.4. The van der Waals surface area contributed by atoms with E-state index in [1.807, 2.05) is 0 Å². The quantitative estimate of drug-likeness (QED) is 0.882. The highest BCUT2D eigenvalue weighted by molar-refractivity contribution is 6.30. The standard InChI is InChI=1S/C17H20ClN5O3/c1-12-20-21-15(26-12)5-6-16(24)22-7-9-23(10-8-22)17(25)19-14-4-2-3-13(18)11-14/h2-4,11H,5-10H2,1H3,(H,19,25). The summed E-state index contributed by atoms with van der Waals surface area (Å²) in [6.45, 7) is 3.69. The Labute approximate surface area is 156 Å². The van der Waals surface area contributed by atoms with Crippen LogP contribution in [0.5, 0.6) is 0 Å². The van der Waals surface area contributed by atoms with Crippen LogP contribution in [0.3, 0.4) is 0 Å². The van der Waals surface area contributed by atoms with Crippen LogP contribution >= 0.6 is 11.6 Å². The maximum atomic E-state index is 12.3. The fourth-order valence-electron chi connectivity index (χ4n) is 2.74. The Balaban J connectivity index is 1.44. The van der Waals surface area contributed by atoms with Crippen LogP contribution in [-0.4, -0.2) is 58.1 Å². The number of carbonyl (C=O) groups is 2. The third kappa shape index (κ3) is 4.72. The molecule has 1 aliphatic heterocycles. The number of hydrogen-bond acceptors (Lipinski definition) is 5. The molecule has 1 aliphatic rings. The number of urea groups is 1. The fourth-order valence-corrected chi connectivity index (χ4v) is 2.93. The fraction of sp³-hybridized carbons (Fsp3) is 0.412. The Morgan fingerprint density at radius 3 is 2.58 bits per heavy atom. The largest absolute Gasteiger partial charge is 0.426 e. The van der Waals surface area contributed by atoms with Crippen LogP contribution in [-0.2, 0) is 11.2 Å². The van der Waals surface area contributed by atoms with Gasteiger partial charge in [0, 0.05) is 56.7 Å². The van der Waals surface area contributed by atoms with Crippen molar-refractivity contribution in [2.45, 2.75) is 19.8 Å². The molecule has 0 atom stereocenters. The molecule has 9 heteroatoms. The number of aromatic nitrogens is 2. The third-order valence-electron chi connectivity index (χ3n) is 4.12. The van der Waals surface area contributed by atoms with Crippen LogP contribution in [0.15, 0.2) is 28.7 Å². The highest BCUT2D eigenvalue weighted by Gasteiger charge is 2.24. The van der Waals surface area contributed by atoms with Crippen LogP contribution < -0.4 is 5.32 Å². The van der Waals surface area contributed by atoms with E-state index in [0.717, 1.165) is 0 Å². The summed E-state index contributed by atoms with van der Waals surface area (Å²) in [6.07, 6.45) is 0.742. The van der Waals surface area contributed by atoms with E-state index in [0.29, 0.717) is 61.5 Å². The number of nitrogens with zero attached hydrogens (tertiary/aromatic N) is 4. The molecule has 1 N–H and O–H groups in total. The first-order valence-corrected chi connectivity index (χ1v) is 8.77. The normalized spacial score (nSPS) is 14.4. The lowest BCUT2D eigenvalue weighted by atomic mass is 10.2. The Hall–Kier alpha value is -2.61. The number of amides is 3. The molecule has 2 heterocycles. The van der Waals surface area contributed by atoms with Crippen molar-refractivity contribution in [1.82, 2.24) is 20.0 Å². The molecule has 0 unspecified atom stereocenters. The number of piperazine rings is 1. The molecule has 26 heavy (non-hydrogen) atoms. The summed E-state index contributed by atoms with van der Waals surface area (Å²) in [7, 11) is 0.